The van der Waals surface area contributed by atoms with E-state index in [9.17, 15) is 26.4 Å². The van der Waals surface area contributed by atoms with Crippen molar-refractivity contribution in [3.05, 3.63) is 47.4 Å². The van der Waals surface area contributed by atoms with Gasteiger partial charge < -0.3 is 9.47 Å². The van der Waals surface area contributed by atoms with E-state index in [-0.39, 0.29) is 22.8 Å². The van der Waals surface area contributed by atoms with Crippen LogP contribution in [0.1, 0.15) is 48.6 Å². The molecule has 1 aromatic carbocycles. The van der Waals surface area contributed by atoms with E-state index in [1.807, 2.05) is 24.5 Å². The van der Waals surface area contributed by atoms with Crippen molar-refractivity contribution in [1.82, 2.24) is 14.5 Å². The first-order valence-corrected chi connectivity index (χ1v) is 12.2. The predicted molar refractivity (Wildman–Crippen MR) is 117 cm³/mol. The fraction of sp³-hybridized carbons (Fsp3) is 0.409. The van der Waals surface area contributed by atoms with Crippen LogP contribution in [0, 0.1) is 5.92 Å². The second-order valence-electron chi connectivity index (χ2n) is 8.58. The van der Waals surface area contributed by atoms with E-state index in [2.05, 4.69) is 9.97 Å². The lowest BCUT2D eigenvalue weighted by Crippen LogP contribution is -2.41. The number of alkyl halides is 3. The maximum atomic E-state index is 13.6. The highest BCUT2D eigenvalue weighted by Crippen LogP contribution is 2.39. The summed E-state index contributed by atoms with van der Waals surface area (Å²) in [4.78, 5) is 21.5. The molecule has 0 saturated carbocycles. The molecular weight excluding hydrogens is 457 g/mol. The van der Waals surface area contributed by atoms with Crippen LogP contribution in [0.5, 0.6) is 0 Å². The van der Waals surface area contributed by atoms with Crippen molar-refractivity contribution in [3.63, 3.8) is 0 Å². The maximum Gasteiger partial charge on any atom is 0.434 e. The molecule has 0 radical (unpaired) electrons. The number of benzene rings is 1. The molecule has 1 unspecified atom stereocenters. The SMILES string of the molecule is CC(=O)c1cnc(N2CCn3c(cc4ccc(S(C)(=O)=O)cc43)C2C(C)C)nc1C(F)(F)F. The quantitative estimate of drug-likeness (QED) is 0.519. The van der Waals surface area contributed by atoms with Gasteiger partial charge in [-0.25, -0.2) is 18.4 Å². The molecule has 0 amide bonds. The number of carbonyl (C=O) groups excluding carboxylic acids is 1. The van der Waals surface area contributed by atoms with Gasteiger partial charge in [0.1, 0.15) is 0 Å². The predicted octanol–water partition coefficient (Wildman–Crippen LogP) is 4.27. The van der Waals surface area contributed by atoms with Crippen LogP contribution in [0.2, 0.25) is 0 Å². The summed E-state index contributed by atoms with van der Waals surface area (Å²) >= 11 is 0. The Morgan fingerprint density at radius 2 is 1.88 bits per heavy atom. The molecule has 11 heteroatoms. The maximum absolute atomic E-state index is 13.6. The Morgan fingerprint density at radius 1 is 1.18 bits per heavy atom. The average molecular weight is 481 g/mol. The second kappa shape index (κ2) is 7.82. The molecule has 1 aliphatic rings. The third-order valence-corrected chi connectivity index (χ3v) is 6.96. The highest BCUT2D eigenvalue weighted by atomic mass is 32.2. The standard InChI is InChI=1S/C22H23F3N4O3S/c1-12(2)19-18-9-14-5-6-15(33(4,31)32)10-17(14)28(18)7-8-29(19)21-26-11-16(13(3)30)20(27-21)22(23,24)25/h5-6,9-12,19H,7-8H2,1-4H3. The first-order chi connectivity index (χ1) is 15.3. The van der Waals surface area contributed by atoms with Gasteiger partial charge in [-0.05, 0) is 31.0 Å². The molecule has 7 nitrogen and oxygen atoms in total. The van der Waals surface area contributed by atoms with Gasteiger partial charge in [0.2, 0.25) is 5.95 Å². The Kier molecular flexibility index (Phi) is 5.50. The van der Waals surface area contributed by atoms with Gasteiger partial charge in [-0.3, -0.25) is 4.79 Å². The summed E-state index contributed by atoms with van der Waals surface area (Å²) in [6, 6.07) is 6.48. The molecular formula is C22H23F3N4O3S. The molecule has 0 spiro atoms. The molecule has 2 aromatic heterocycles. The van der Waals surface area contributed by atoms with Crippen molar-refractivity contribution in [1.29, 1.82) is 0 Å². The Labute approximate surface area is 189 Å². The molecule has 4 rings (SSSR count). The summed E-state index contributed by atoms with van der Waals surface area (Å²) in [5.41, 5.74) is -0.218. The number of rotatable bonds is 4. The molecule has 3 heterocycles. The first kappa shape index (κ1) is 23.2. The number of aromatic nitrogens is 3. The number of fused-ring (bicyclic) bond motifs is 3. The van der Waals surface area contributed by atoms with Gasteiger partial charge in [0.25, 0.3) is 0 Å². The Bertz CT molecular complexity index is 1360. The summed E-state index contributed by atoms with van der Waals surface area (Å²) in [6.45, 7) is 5.67. The van der Waals surface area contributed by atoms with Gasteiger partial charge in [0.05, 0.1) is 16.5 Å². The van der Waals surface area contributed by atoms with E-state index in [0.717, 1.165) is 36.0 Å². The Balaban J connectivity index is 1.85. The van der Waals surface area contributed by atoms with Gasteiger partial charge in [-0.1, -0.05) is 19.9 Å². The first-order valence-electron chi connectivity index (χ1n) is 10.3. The molecule has 0 fully saturated rings. The molecule has 176 valence electrons. The number of ketones is 1. The van der Waals surface area contributed by atoms with E-state index < -0.39 is 33.1 Å². The summed E-state index contributed by atoms with van der Waals surface area (Å²) in [5.74, 6) is -0.873. The highest BCUT2D eigenvalue weighted by molar-refractivity contribution is 7.90. The van der Waals surface area contributed by atoms with Crippen LogP contribution in [-0.4, -0.2) is 41.5 Å². The van der Waals surface area contributed by atoms with E-state index in [0.29, 0.717) is 13.1 Å². The van der Waals surface area contributed by atoms with Gasteiger partial charge in [-0.2, -0.15) is 13.2 Å². The zero-order chi connectivity index (χ0) is 24.3. The molecule has 0 N–H and O–H groups in total. The second-order valence-corrected chi connectivity index (χ2v) is 10.6. The van der Waals surface area contributed by atoms with Crippen LogP contribution in [0.4, 0.5) is 19.1 Å². The van der Waals surface area contributed by atoms with Crippen LogP contribution in [0.25, 0.3) is 10.9 Å². The lowest BCUT2D eigenvalue weighted by atomic mass is 9.97. The van der Waals surface area contributed by atoms with Gasteiger partial charge in [0, 0.05) is 42.1 Å². The minimum Gasteiger partial charge on any atom is -0.341 e. The lowest BCUT2D eigenvalue weighted by Gasteiger charge is -2.39. The van der Waals surface area contributed by atoms with Gasteiger partial charge in [0.15, 0.2) is 21.3 Å². The topological polar surface area (TPSA) is 85.2 Å². The van der Waals surface area contributed by atoms with Crippen LogP contribution in [0.3, 0.4) is 0 Å². The molecule has 0 saturated heterocycles. The normalized spacial score (nSPS) is 17.0. The zero-order valence-corrected chi connectivity index (χ0v) is 19.3. The van der Waals surface area contributed by atoms with Crippen molar-refractivity contribution in [2.75, 3.05) is 17.7 Å². The molecule has 1 aliphatic heterocycles. The Hall–Kier alpha value is -2.95. The number of carbonyl (C=O) groups is 1. The number of hydrogen-bond acceptors (Lipinski definition) is 6. The number of nitrogens with zero attached hydrogens (tertiary/aromatic N) is 4. The molecule has 0 aliphatic carbocycles. The highest BCUT2D eigenvalue weighted by Gasteiger charge is 2.39. The number of anilines is 1. The van der Waals surface area contributed by atoms with Crippen molar-refractivity contribution < 1.29 is 26.4 Å². The van der Waals surface area contributed by atoms with Crippen LogP contribution < -0.4 is 4.90 Å². The zero-order valence-electron chi connectivity index (χ0n) is 18.5. The minimum absolute atomic E-state index is 0.0202. The molecule has 0 bridgehead atoms. The number of halogens is 3. The molecule has 3 aromatic rings. The number of Topliss-reactive ketones (excluding diaryl/α,β-unsaturated/α-hetero) is 1. The Morgan fingerprint density at radius 3 is 2.45 bits per heavy atom. The van der Waals surface area contributed by atoms with Gasteiger partial charge >= 0.3 is 6.18 Å². The van der Waals surface area contributed by atoms with E-state index in [4.69, 9.17) is 0 Å². The number of sulfone groups is 1. The van der Waals surface area contributed by atoms with Crippen molar-refractivity contribution >= 4 is 32.5 Å². The third kappa shape index (κ3) is 4.09. The van der Waals surface area contributed by atoms with Gasteiger partial charge in [-0.15, -0.1) is 0 Å². The van der Waals surface area contributed by atoms with Crippen LogP contribution in [-0.2, 0) is 22.6 Å². The smallest absolute Gasteiger partial charge is 0.341 e. The van der Waals surface area contributed by atoms with E-state index in [1.54, 1.807) is 23.1 Å². The molecule has 33 heavy (non-hydrogen) atoms. The van der Waals surface area contributed by atoms with E-state index in [1.165, 1.54) is 0 Å². The van der Waals surface area contributed by atoms with Crippen molar-refractivity contribution in [2.24, 2.45) is 5.92 Å². The van der Waals surface area contributed by atoms with Crippen molar-refractivity contribution in [3.8, 4) is 0 Å². The van der Waals surface area contributed by atoms with Crippen molar-refractivity contribution in [2.45, 2.75) is 44.4 Å². The largest absolute Gasteiger partial charge is 0.434 e. The third-order valence-electron chi connectivity index (χ3n) is 5.85. The monoisotopic (exact) mass is 480 g/mol. The lowest BCUT2D eigenvalue weighted by molar-refractivity contribution is -0.141. The summed E-state index contributed by atoms with van der Waals surface area (Å²) in [7, 11) is -3.39. The fourth-order valence-electron chi connectivity index (χ4n) is 4.40. The minimum atomic E-state index is -4.79. The fourth-order valence-corrected chi connectivity index (χ4v) is 5.04. The molecule has 1 atom stereocenters. The van der Waals surface area contributed by atoms with E-state index >= 15 is 0 Å². The summed E-state index contributed by atoms with van der Waals surface area (Å²) in [6.07, 6.45) is -2.71. The summed E-state index contributed by atoms with van der Waals surface area (Å²) in [5, 5.41) is 0.841. The number of hydrogen-bond donors (Lipinski definition) is 0. The van der Waals surface area contributed by atoms with Crippen LogP contribution >= 0.6 is 0 Å². The average Bonchev–Trinajstić information content (AvgIpc) is 3.08. The van der Waals surface area contributed by atoms with Crippen LogP contribution in [0.15, 0.2) is 35.4 Å². The summed E-state index contributed by atoms with van der Waals surface area (Å²) < 4.78 is 66.9.